The molecule has 1 aliphatic carbocycles. The first-order valence-electron chi connectivity index (χ1n) is 10.3. The number of carbonyl (C=O) groups excluding carboxylic acids is 2. The molecule has 8 heteroatoms. The van der Waals surface area contributed by atoms with Crippen LogP contribution in [0, 0.1) is 0 Å². The molecule has 0 saturated carbocycles. The van der Waals surface area contributed by atoms with E-state index >= 15 is 0 Å². The molecule has 1 unspecified atom stereocenters. The summed E-state index contributed by atoms with van der Waals surface area (Å²) in [4.78, 5) is 28.4. The fraction of sp³-hybridized carbons (Fsp3) is 0.208. The molecule has 0 bridgehead atoms. The number of phenols is 1. The van der Waals surface area contributed by atoms with E-state index in [2.05, 4.69) is 15.6 Å². The number of amides is 2. The second kappa shape index (κ2) is 8.97. The van der Waals surface area contributed by atoms with Crippen LogP contribution in [0.4, 0.5) is 5.69 Å². The van der Waals surface area contributed by atoms with Gasteiger partial charge in [-0.2, -0.15) is 0 Å². The predicted molar refractivity (Wildman–Crippen MR) is 120 cm³/mol. The minimum absolute atomic E-state index is 0.0268. The van der Waals surface area contributed by atoms with Gasteiger partial charge >= 0.3 is 0 Å². The monoisotopic (exact) mass is 432 g/mol. The van der Waals surface area contributed by atoms with Crippen LogP contribution in [-0.2, 0) is 12.8 Å². The standard InChI is InChI=1S/C24H24N4O4/c1-26-24(31)21-13-19(8-9-27-21)32-18-6-3-14-2-5-17(10-16(14)11-18)28-23(30)15-4-7-22(29)20(25)12-15/h3-4,6-9,11-13,17,29H,2,5,10,25H2,1H3,(H,26,31)(H,28,30). The second-order valence-corrected chi connectivity index (χ2v) is 7.68. The van der Waals surface area contributed by atoms with Crippen molar-refractivity contribution in [2.24, 2.45) is 0 Å². The van der Waals surface area contributed by atoms with Gasteiger partial charge in [0.2, 0.25) is 0 Å². The summed E-state index contributed by atoms with van der Waals surface area (Å²) in [7, 11) is 1.55. The number of fused-ring (bicyclic) bond motifs is 1. The first-order valence-corrected chi connectivity index (χ1v) is 10.3. The van der Waals surface area contributed by atoms with Crippen LogP contribution >= 0.6 is 0 Å². The lowest BCUT2D eigenvalue weighted by Crippen LogP contribution is -2.38. The van der Waals surface area contributed by atoms with Crippen molar-refractivity contribution in [3.8, 4) is 17.2 Å². The van der Waals surface area contributed by atoms with Crippen LogP contribution in [0.25, 0.3) is 0 Å². The number of hydrogen-bond acceptors (Lipinski definition) is 6. The Hall–Kier alpha value is -4.07. The van der Waals surface area contributed by atoms with Crippen molar-refractivity contribution in [2.75, 3.05) is 12.8 Å². The molecule has 1 aromatic heterocycles. The number of ether oxygens (including phenoxy) is 1. The first-order chi connectivity index (χ1) is 15.4. The van der Waals surface area contributed by atoms with Crippen LogP contribution in [-0.4, -0.2) is 35.0 Å². The third kappa shape index (κ3) is 4.64. The van der Waals surface area contributed by atoms with Crippen molar-refractivity contribution in [1.29, 1.82) is 0 Å². The minimum Gasteiger partial charge on any atom is -0.506 e. The number of nitrogens with two attached hydrogens (primary N) is 1. The molecule has 8 nitrogen and oxygen atoms in total. The Balaban J connectivity index is 1.45. The summed E-state index contributed by atoms with van der Waals surface area (Å²) in [5.41, 5.74) is 8.88. The lowest BCUT2D eigenvalue weighted by molar-refractivity contribution is 0.0931. The lowest BCUT2D eigenvalue weighted by atomic mass is 9.88. The van der Waals surface area contributed by atoms with E-state index in [1.54, 1.807) is 25.2 Å². The van der Waals surface area contributed by atoms with Crippen molar-refractivity contribution < 1.29 is 19.4 Å². The highest BCUT2D eigenvalue weighted by molar-refractivity contribution is 5.95. The zero-order valence-corrected chi connectivity index (χ0v) is 17.6. The van der Waals surface area contributed by atoms with E-state index in [1.165, 1.54) is 23.9 Å². The number of rotatable bonds is 5. The number of phenolic OH excluding ortho intramolecular Hbond substituents is 1. The van der Waals surface area contributed by atoms with Crippen molar-refractivity contribution in [3.05, 3.63) is 77.1 Å². The summed E-state index contributed by atoms with van der Waals surface area (Å²) >= 11 is 0. The number of aromatic nitrogens is 1. The quantitative estimate of drug-likeness (QED) is 0.363. The van der Waals surface area contributed by atoms with Crippen LogP contribution in [0.3, 0.4) is 0 Å². The van der Waals surface area contributed by atoms with E-state index in [9.17, 15) is 14.7 Å². The molecule has 0 saturated heterocycles. The Labute approximate surface area is 185 Å². The number of nitrogen functional groups attached to an aromatic ring is 1. The van der Waals surface area contributed by atoms with Gasteiger partial charge < -0.3 is 26.2 Å². The number of aromatic hydroxyl groups is 1. The van der Waals surface area contributed by atoms with Gasteiger partial charge in [0.1, 0.15) is 22.9 Å². The largest absolute Gasteiger partial charge is 0.506 e. The van der Waals surface area contributed by atoms with Gasteiger partial charge in [0.25, 0.3) is 11.8 Å². The van der Waals surface area contributed by atoms with Gasteiger partial charge in [-0.05, 0) is 66.8 Å². The zero-order chi connectivity index (χ0) is 22.7. The highest BCUT2D eigenvalue weighted by atomic mass is 16.5. The number of carbonyl (C=O) groups is 2. The molecular formula is C24H24N4O4. The minimum atomic E-state index is -0.283. The number of anilines is 1. The van der Waals surface area contributed by atoms with E-state index in [0.717, 1.165) is 18.4 Å². The van der Waals surface area contributed by atoms with Crippen molar-refractivity contribution in [3.63, 3.8) is 0 Å². The summed E-state index contributed by atoms with van der Waals surface area (Å²) in [6.45, 7) is 0. The fourth-order valence-electron chi connectivity index (χ4n) is 3.75. The molecule has 1 aliphatic rings. The van der Waals surface area contributed by atoms with Crippen LogP contribution in [0.15, 0.2) is 54.7 Å². The molecule has 3 aromatic rings. The first kappa shape index (κ1) is 21.2. The summed E-state index contributed by atoms with van der Waals surface area (Å²) < 4.78 is 5.94. The molecule has 32 heavy (non-hydrogen) atoms. The fourth-order valence-corrected chi connectivity index (χ4v) is 3.75. The molecule has 4 rings (SSSR count). The maximum atomic E-state index is 12.6. The number of benzene rings is 2. The topological polar surface area (TPSA) is 127 Å². The molecule has 0 radical (unpaired) electrons. The van der Waals surface area contributed by atoms with E-state index < -0.39 is 0 Å². The highest BCUT2D eigenvalue weighted by Gasteiger charge is 2.22. The summed E-state index contributed by atoms with van der Waals surface area (Å²) in [6, 6.07) is 13.6. The Morgan fingerprint density at radius 1 is 1.06 bits per heavy atom. The van der Waals surface area contributed by atoms with E-state index in [4.69, 9.17) is 10.5 Å². The number of aryl methyl sites for hydroxylation is 1. The molecule has 0 fully saturated rings. The average molecular weight is 432 g/mol. The molecule has 2 amide bonds. The molecule has 0 spiro atoms. The van der Waals surface area contributed by atoms with E-state index in [1.807, 2.05) is 18.2 Å². The van der Waals surface area contributed by atoms with Gasteiger partial charge in [0, 0.05) is 30.9 Å². The third-order valence-electron chi connectivity index (χ3n) is 5.46. The second-order valence-electron chi connectivity index (χ2n) is 7.68. The molecule has 164 valence electrons. The number of hydrogen-bond donors (Lipinski definition) is 4. The SMILES string of the molecule is CNC(=O)c1cc(Oc2ccc3c(c2)CC(NC(=O)c2ccc(O)c(N)c2)CC3)ccn1. The summed E-state index contributed by atoms with van der Waals surface area (Å²) in [5, 5.41) is 15.1. The van der Waals surface area contributed by atoms with Crippen LogP contribution in [0.1, 0.15) is 38.4 Å². The van der Waals surface area contributed by atoms with Crippen molar-refractivity contribution in [2.45, 2.75) is 25.3 Å². The smallest absolute Gasteiger partial charge is 0.269 e. The van der Waals surface area contributed by atoms with E-state index in [0.29, 0.717) is 23.5 Å². The molecule has 0 aliphatic heterocycles. The number of nitrogens with one attached hydrogen (secondary N) is 2. The Morgan fingerprint density at radius 2 is 1.88 bits per heavy atom. The molecule has 1 heterocycles. The maximum Gasteiger partial charge on any atom is 0.269 e. The van der Waals surface area contributed by atoms with Crippen molar-refractivity contribution in [1.82, 2.24) is 15.6 Å². The van der Waals surface area contributed by atoms with Gasteiger partial charge in [0.05, 0.1) is 5.69 Å². The number of pyridine rings is 1. The Kier molecular flexibility index (Phi) is 5.93. The van der Waals surface area contributed by atoms with Crippen molar-refractivity contribution >= 4 is 17.5 Å². The molecule has 2 aromatic carbocycles. The van der Waals surface area contributed by atoms with Crippen LogP contribution < -0.4 is 21.1 Å². The van der Waals surface area contributed by atoms with Gasteiger partial charge in [-0.1, -0.05) is 6.07 Å². The van der Waals surface area contributed by atoms with Crippen LogP contribution in [0.2, 0.25) is 0 Å². The van der Waals surface area contributed by atoms with Gasteiger partial charge in [-0.15, -0.1) is 0 Å². The Bertz CT molecular complexity index is 1180. The lowest BCUT2D eigenvalue weighted by Gasteiger charge is -2.26. The van der Waals surface area contributed by atoms with Gasteiger partial charge in [-0.3, -0.25) is 14.6 Å². The normalized spacial score (nSPS) is 14.8. The van der Waals surface area contributed by atoms with E-state index in [-0.39, 0.29) is 35.0 Å². The summed E-state index contributed by atoms with van der Waals surface area (Å²) in [6.07, 6.45) is 3.87. The molecule has 5 N–H and O–H groups in total. The maximum absolute atomic E-state index is 12.6. The molecular weight excluding hydrogens is 408 g/mol. The van der Waals surface area contributed by atoms with Gasteiger partial charge in [-0.25, -0.2) is 0 Å². The van der Waals surface area contributed by atoms with Crippen LogP contribution in [0.5, 0.6) is 17.2 Å². The number of nitrogens with zero attached hydrogens (tertiary/aromatic N) is 1. The molecule has 1 atom stereocenters. The predicted octanol–water partition coefficient (Wildman–Crippen LogP) is 2.81. The third-order valence-corrected chi connectivity index (χ3v) is 5.46. The Morgan fingerprint density at radius 3 is 2.66 bits per heavy atom. The average Bonchev–Trinajstić information content (AvgIpc) is 2.80. The zero-order valence-electron chi connectivity index (χ0n) is 17.6. The highest BCUT2D eigenvalue weighted by Crippen LogP contribution is 2.29. The van der Waals surface area contributed by atoms with Gasteiger partial charge in [0.15, 0.2) is 0 Å². The summed E-state index contributed by atoms with van der Waals surface area (Å²) in [5.74, 6) is 0.614.